The zero-order valence-corrected chi connectivity index (χ0v) is 10.5. The van der Waals surface area contributed by atoms with Crippen LogP contribution in [-0.2, 0) is 6.42 Å². The molecule has 1 aliphatic rings. The lowest BCUT2D eigenvalue weighted by Crippen LogP contribution is -2.20. The maximum atomic E-state index is 5.57. The third-order valence-corrected chi connectivity index (χ3v) is 3.07. The number of fused-ring (bicyclic) bond motifs is 1. The van der Waals surface area contributed by atoms with Crippen molar-refractivity contribution in [3.63, 3.8) is 0 Å². The summed E-state index contributed by atoms with van der Waals surface area (Å²) in [5, 5.41) is 0. The molecule has 4 heteroatoms. The van der Waals surface area contributed by atoms with Crippen LogP contribution in [0.15, 0.2) is 12.1 Å². The van der Waals surface area contributed by atoms with Crippen molar-refractivity contribution in [2.45, 2.75) is 18.8 Å². The van der Waals surface area contributed by atoms with Gasteiger partial charge in [0.1, 0.15) is 0 Å². The van der Waals surface area contributed by atoms with Gasteiger partial charge in [0, 0.05) is 0 Å². The van der Waals surface area contributed by atoms with Crippen molar-refractivity contribution in [1.29, 1.82) is 0 Å². The first kappa shape index (κ1) is 13.1. The van der Waals surface area contributed by atoms with Crippen LogP contribution in [0.2, 0.25) is 0 Å². The topological polar surface area (TPSA) is 44.5 Å². The van der Waals surface area contributed by atoms with Crippen molar-refractivity contribution in [3.05, 3.63) is 23.3 Å². The van der Waals surface area contributed by atoms with Crippen molar-refractivity contribution < 1.29 is 9.47 Å². The first-order valence-electron chi connectivity index (χ1n) is 5.25. The highest BCUT2D eigenvalue weighted by Gasteiger charge is 2.27. The normalized spacial score (nSPS) is 16.8. The van der Waals surface area contributed by atoms with E-state index in [0.717, 1.165) is 30.9 Å². The number of hydrogen-bond acceptors (Lipinski definition) is 3. The second-order valence-corrected chi connectivity index (χ2v) is 3.88. The van der Waals surface area contributed by atoms with Gasteiger partial charge in [-0.15, -0.1) is 12.4 Å². The predicted octanol–water partition coefficient (Wildman–Crippen LogP) is 2.11. The highest BCUT2D eigenvalue weighted by Crippen LogP contribution is 2.43. The molecule has 0 aromatic heterocycles. The van der Waals surface area contributed by atoms with Crippen LogP contribution in [-0.4, -0.2) is 20.8 Å². The van der Waals surface area contributed by atoms with Gasteiger partial charge in [0.2, 0.25) is 0 Å². The number of nitrogens with two attached hydrogens (primary N) is 1. The Balaban J connectivity index is 0.00000128. The average molecular weight is 244 g/mol. The SMILES string of the molecule is COc1cc2c(cc1OC)[C@@H](CCN)C2.Cl. The molecule has 2 N–H and O–H groups in total. The largest absolute Gasteiger partial charge is 0.493 e. The van der Waals surface area contributed by atoms with E-state index in [0.29, 0.717) is 5.92 Å². The standard InChI is InChI=1S/C12H17NO2.ClH/c1-14-11-6-9-5-8(3-4-13)10(9)7-12(11)15-2;/h6-8H,3-5,13H2,1-2H3;1H/t8-;/m0./s1. The van der Waals surface area contributed by atoms with Crippen molar-refractivity contribution in [3.8, 4) is 11.5 Å². The number of methoxy groups -OCH3 is 2. The third kappa shape index (κ3) is 2.11. The van der Waals surface area contributed by atoms with E-state index in [-0.39, 0.29) is 12.4 Å². The molecule has 0 fully saturated rings. The fourth-order valence-electron chi connectivity index (χ4n) is 2.20. The maximum absolute atomic E-state index is 5.57. The first-order chi connectivity index (χ1) is 7.30. The van der Waals surface area contributed by atoms with Crippen molar-refractivity contribution in [2.24, 2.45) is 5.73 Å². The molecule has 1 aromatic rings. The summed E-state index contributed by atoms with van der Waals surface area (Å²) >= 11 is 0. The lowest BCUT2D eigenvalue weighted by molar-refractivity contribution is 0.351. The second kappa shape index (κ2) is 5.41. The summed E-state index contributed by atoms with van der Waals surface area (Å²) < 4.78 is 10.5. The Hall–Kier alpha value is -0.930. The molecule has 1 aromatic carbocycles. The smallest absolute Gasteiger partial charge is 0.161 e. The van der Waals surface area contributed by atoms with E-state index >= 15 is 0 Å². The molecule has 90 valence electrons. The number of hydrogen-bond donors (Lipinski definition) is 1. The number of halogens is 1. The molecule has 0 saturated carbocycles. The number of ether oxygens (including phenoxy) is 2. The van der Waals surface area contributed by atoms with Gasteiger partial charge in [0.05, 0.1) is 14.2 Å². The number of rotatable bonds is 4. The van der Waals surface area contributed by atoms with Crippen molar-refractivity contribution >= 4 is 12.4 Å². The predicted molar refractivity (Wildman–Crippen MR) is 66.9 cm³/mol. The van der Waals surface area contributed by atoms with Gasteiger partial charge < -0.3 is 15.2 Å². The first-order valence-corrected chi connectivity index (χ1v) is 5.25. The van der Waals surface area contributed by atoms with Gasteiger partial charge in [0.25, 0.3) is 0 Å². The summed E-state index contributed by atoms with van der Waals surface area (Å²) in [6.07, 6.45) is 2.18. The molecule has 0 unspecified atom stereocenters. The molecule has 2 rings (SSSR count). The van der Waals surface area contributed by atoms with Gasteiger partial charge in [-0.1, -0.05) is 0 Å². The van der Waals surface area contributed by atoms with Gasteiger partial charge in [-0.25, -0.2) is 0 Å². The van der Waals surface area contributed by atoms with E-state index in [4.69, 9.17) is 15.2 Å². The van der Waals surface area contributed by atoms with Gasteiger partial charge in [-0.3, -0.25) is 0 Å². The molecule has 1 aliphatic carbocycles. The number of benzene rings is 1. The zero-order valence-electron chi connectivity index (χ0n) is 9.66. The van der Waals surface area contributed by atoms with Crippen LogP contribution in [0.5, 0.6) is 11.5 Å². The summed E-state index contributed by atoms with van der Waals surface area (Å²) in [5.74, 6) is 2.25. The third-order valence-electron chi connectivity index (χ3n) is 3.07. The highest BCUT2D eigenvalue weighted by molar-refractivity contribution is 5.85. The van der Waals surface area contributed by atoms with E-state index < -0.39 is 0 Å². The fraction of sp³-hybridized carbons (Fsp3) is 0.500. The Kier molecular flexibility index (Phi) is 4.44. The molecular weight excluding hydrogens is 226 g/mol. The van der Waals surface area contributed by atoms with Gasteiger partial charge in [-0.05, 0) is 48.6 Å². The summed E-state index contributed by atoms with van der Waals surface area (Å²) in [6, 6.07) is 4.15. The van der Waals surface area contributed by atoms with Gasteiger partial charge >= 0.3 is 0 Å². The van der Waals surface area contributed by atoms with E-state index in [1.54, 1.807) is 14.2 Å². The van der Waals surface area contributed by atoms with E-state index in [1.165, 1.54) is 11.1 Å². The van der Waals surface area contributed by atoms with Crippen molar-refractivity contribution in [1.82, 2.24) is 0 Å². The second-order valence-electron chi connectivity index (χ2n) is 3.88. The molecule has 0 heterocycles. The van der Waals surface area contributed by atoms with Crippen LogP contribution in [0.1, 0.15) is 23.5 Å². The fourth-order valence-corrected chi connectivity index (χ4v) is 2.20. The van der Waals surface area contributed by atoms with Crippen LogP contribution >= 0.6 is 12.4 Å². The lowest BCUT2D eigenvalue weighted by atomic mass is 9.75. The molecule has 0 saturated heterocycles. The molecule has 3 nitrogen and oxygen atoms in total. The molecule has 0 bridgehead atoms. The van der Waals surface area contributed by atoms with Crippen LogP contribution in [0.3, 0.4) is 0 Å². The highest BCUT2D eigenvalue weighted by atomic mass is 35.5. The maximum Gasteiger partial charge on any atom is 0.161 e. The van der Waals surface area contributed by atoms with E-state index in [2.05, 4.69) is 12.1 Å². The van der Waals surface area contributed by atoms with E-state index in [9.17, 15) is 0 Å². The molecule has 16 heavy (non-hydrogen) atoms. The van der Waals surface area contributed by atoms with Crippen LogP contribution < -0.4 is 15.2 Å². The van der Waals surface area contributed by atoms with Crippen LogP contribution in [0, 0.1) is 0 Å². The summed E-state index contributed by atoms with van der Waals surface area (Å²) in [4.78, 5) is 0. The minimum atomic E-state index is 0. The summed E-state index contributed by atoms with van der Waals surface area (Å²) in [5.41, 5.74) is 8.31. The Morgan fingerprint density at radius 1 is 1.25 bits per heavy atom. The molecule has 0 spiro atoms. The van der Waals surface area contributed by atoms with Gasteiger partial charge in [0.15, 0.2) is 11.5 Å². The lowest BCUT2D eigenvalue weighted by Gasteiger charge is -2.31. The molecule has 0 aliphatic heterocycles. The van der Waals surface area contributed by atoms with Crippen LogP contribution in [0.25, 0.3) is 0 Å². The monoisotopic (exact) mass is 243 g/mol. The Labute approximate surface area is 102 Å². The van der Waals surface area contributed by atoms with E-state index in [1.807, 2.05) is 0 Å². The van der Waals surface area contributed by atoms with Crippen molar-refractivity contribution in [2.75, 3.05) is 20.8 Å². The summed E-state index contributed by atoms with van der Waals surface area (Å²) in [7, 11) is 3.33. The minimum Gasteiger partial charge on any atom is -0.493 e. The minimum absolute atomic E-state index is 0. The Morgan fingerprint density at radius 2 is 1.88 bits per heavy atom. The summed E-state index contributed by atoms with van der Waals surface area (Å²) in [6.45, 7) is 0.748. The molecule has 1 atom stereocenters. The zero-order chi connectivity index (χ0) is 10.8. The molecular formula is C12H18ClNO2. The Morgan fingerprint density at radius 3 is 2.44 bits per heavy atom. The Bertz CT molecular complexity index is 368. The quantitative estimate of drug-likeness (QED) is 0.881. The molecule has 0 amide bonds. The van der Waals surface area contributed by atoms with Crippen LogP contribution in [0.4, 0.5) is 0 Å². The molecule has 0 radical (unpaired) electrons. The average Bonchev–Trinajstić information content (AvgIpc) is 2.25. The van der Waals surface area contributed by atoms with Gasteiger partial charge in [-0.2, -0.15) is 0 Å².